The monoisotopic (exact) mass is 450 g/mol. The summed E-state index contributed by atoms with van der Waals surface area (Å²) in [6.45, 7) is 0. The molecule has 0 aliphatic rings. The zero-order valence-corrected chi connectivity index (χ0v) is 17.0. The first-order valence-electron chi connectivity index (χ1n) is 7.81. The van der Waals surface area contributed by atoms with Gasteiger partial charge in [-0.3, -0.25) is 4.79 Å². The van der Waals surface area contributed by atoms with Crippen LogP contribution < -0.4 is 5.32 Å². The minimum Gasteiger partial charge on any atom is -0.457 e. The number of furan rings is 1. The predicted molar refractivity (Wildman–Crippen MR) is 113 cm³/mol. The molecule has 140 valence electrons. The topological polar surface area (TPSA) is 66.0 Å². The molecule has 2 aromatic carbocycles. The summed E-state index contributed by atoms with van der Waals surface area (Å²) in [7, 11) is 0. The van der Waals surface area contributed by atoms with E-state index in [1.54, 1.807) is 42.5 Å². The number of amides is 1. The molecule has 0 aliphatic heterocycles. The average Bonchev–Trinajstić information content (AvgIpc) is 3.13. The Hall–Kier alpha value is -2.42. The molecule has 4 nitrogen and oxygen atoms in total. The van der Waals surface area contributed by atoms with Gasteiger partial charge in [-0.25, -0.2) is 0 Å². The summed E-state index contributed by atoms with van der Waals surface area (Å²) in [6, 6.07) is 14.9. The highest BCUT2D eigenvalue weighted by Gasteiger charge is 2.14. The number of halogens is 4. The molecule has 0 saturated heterocycles. The van der Waals surface area contributed by atoms with Gasteiger partial charge >= 0.3 is 0 Å². The predicted octanol–water partition coefficient (Wildman–Crippen LogP) is 7.11. The normalized spacial score (nSPS) is 11.2. The maximum atomic E-state index is 12.4. The Kier molecular flexibility index (Phi) is 6.33. The van der Waals surface area contributed by atoms with Crippen LogP contribution in [0.1, 0.15) is 5.76 Å². The number of benzene rings is 2. The number of nitrogens with zero attached hydrogens (tertiary/aromatic N) is 1. The standard InChI is InChI=1S/C20H10Cl4N2O2/c21-12-4-6-15(22)17(9-12)26-20(27)11(10-25)8-13-5-7-18(28-13)14-2-1-3-16(23)19(14)24/h1-9H,(H,26,27)/b11-8-. The van der Waals surface area contributed by atoms with E-state index in [9.17, 15) is 10.1 Å². The molecule has 0 saturated carbocycles. The molecule has 1 N–H and O–H groups in total. The van der Waals surface area contributed by atoms with Crippen LogP contribution in [0.4, 0.5) is 5.69 Å². The maximum Gasteiger partial charge on any atom is 0.266 e. The van der Waals surface area contributed by atoms with E-state index < -0.39 is 5.91 Å². The van der Waals surface area contributed by atoms with Crippen molar-refractivity contribution in [1.82, 2.24) is 0 Å². The fourth-order valence-electron chi connectivity index (χ4n) is 2.34. The second-order valence-corrected chi connectivity index (χ2v) is 7.18. The van der Waals surface area contributed by atoms with Crippen LogP contribution in [0.3, 0.4) is 0 Å². The first-order valence-corrected chi connectivity index (χ1v) is 9.32. The minimum absolute atomic E-state index is 0.172. The number of hydrogen-bond donors (Lipinski definition) is 1. The second-order valence-electron chi connectivity index (χ2n) is 5.55. The van der Waals surface area contributed by atoms with Crippen LogP contribution in [-0.2, 0) is 4.79 Å². The summed E-state index contributed by atoms with van der Waals surface area (Å²) in [6.07, 6.45) is 1.32. The zero-order valence-electron chi connectivity index (χ0n) is 14.0. The lowest BCUT2D eigenvalue weighted by Gasteiger charge is -2.06. The van der Waals surface area contributed by atoms with Gasteiger partial charge in [0.25, 0.3) is 5.91 Å². The van der Waals surface area contributed by atoms with Gasteiger partial charge in [-0.15, -0.1) is 0 Å². The van der Waals surface area contributed by atoms with E-state index in [1.165, 1.54) is 12.1 Å². The summed E-state index contributed by atoms with van der Waals surface area (Å²) in [5.74, 6) is 0.106. The van der Waals surface area contributed by atoms with Crippen molar-refractivity contribution >= 4 is 64.1 Å². The van der Waals surface area contributed by atoms with Crippen molar-refractivity contribution in [2.45, 2.75) is 0 Å². The number of carbonyl (C=O) groups excluding carboxylic acids is 1. The average molecular weight is 452 g/mol. The lowest BCUT2D eigenvalue weighted by Crippen LogP contribution is -2.13. The van der Waals surface area contributed by atoms with Crippen LogP contribution in [0.25, 0.3) is 17.4 Å². The number of hydrogen-bond acceptors (Lipinski definition) is 3. The Morgan fingerprint density at radius 1 is 1.04 bits per heavy atom. The Morgan fingerprint density at radius 3 is 2.57 bits per heavy atom. The van der Waals surface area contributed by atoms with Crippen LogP contribution in [0, 0.1) is 11.3 Å². The molecule has 1 heterocycles. The van der Waals surface area contributed by atoms with Gasteiger partial charge in [0.1, 0.15) is 23.2 Å². The number of nitrogens with one attached hydrogen (secondary N) is 1. The molecule has 0 atom stereocenters. The van der Waals surface area contributed by atoms with Crippen LogP contribution in [0.2, 0.25) is 20.1 Å². The molecular weight excluding hydrogens is 442 g/mol. The van der Waals surface area contributed by atoms with E-state index in [0.29, 0.717) is 42.9 Å². The number of anilines is 1. The van der Waals surface area contributed by atoms with Crippen LogP contribution in [0.5, 0.6) is 0 Å². The van der Waals surface area contributed by atoms with Gasteiger partial charge in [0.2, 0.25) is 0 Å². The molecule has 1 amide bonds. The molecule has 0 bridgehead atoms. The SMILES string of the molecule is N#C/C(=C/c1ccc(-c2cccc(Cl)c2Cl)o1)C(=O)Nc1cc(Cl)ccc1Cl. The molecular formula is C20H10Cl4N2O2. The Balaban J connectivity index is 1.86. The summed E-state index contributed by atoms with van der Waals surface area (Å²) in [5, 5.41) is 13.3. The third-order valence-corrected chi connectivity index (χ3v) is 5.06. The van der Waals surface area contributed by atoms with Gasteiger partial charge in [0, 0.05) is 16.7 Å². The molecule has 0 spiro atoms. The molecule has 28 heavy (non-hydrogen) atoms. The van der Waals surface area contributed by atoms with Gasteiger partial charge in [-0.1, -0.05) is 52.5 Å². The Bertz CT molecular complexity index is 1130. The fourth-order valence-corrected chi connectivity index (χ4v) is 3.07. The van der Waals surface area contributed by atoms with Crippen molar-refractivity contribution < 1.29 is 9.21 Å². The number of nitriles is 1. The quantitative estimate of drug-likeness (QED) is 0.339. The summed E-state index contributed by atoms with van der Waals surface area (Å²) >= 11 is 24.1. The van der Waals surface area contributed by atoms with Crippen LogP contribution in [0.15, 0.2) is 58.5 Å². The smallest absolute Gasteiger partial charge is 0.266 e. The van der Waals surface area contributed by atoms with Crippen LogP contribution in [-0.4, -0.2) is 5.91 Å². The van der Waals surface area contributed by atoms with Gasteiger partial charge in [0.15, 0.2) is 0 Å². The van der Waals surface area contributed by atoms with E-state index in [2.05, 4.69) is 5.32 Å². The molecule has 0 fully saturated rings. The van der Waals surface area contributed by atoms with Crippen molar-refractivity contribution in [2.75, 3.05) is 5.32 Å². The third kappa shape index (κ3) is 4.52. The highest BCUT2D eigenvalue weighted by Crippen LogP contribution is 2.34. The second kappa shape index (κ2) is 8.72. The van der Waals surface area contributed by atoms with Gasteiger partial charge < -0.3 is 9.73 Å². The molecule has 3 rings (SSSR count). The minimum atomic E-state index is -0.648. The van der Waals surface area contributed by atoms with Crippen molar-refractivity contribution in [3.8, 4) is 17.4 Å². The summed E-state index contributed by atoms with van der Waals surface area (Å²) in [5.41, 5.74) is 0.725. The first kappa shape index (κ1) is 20.3. The third-order valence-electron chi connectivity index (χ3n) is 3.67. The molecule has 0 radical (unpaired) electrons. The highest BCUT2D eigenvalue weighted by molar-refractivity contribution is 6.43. The van der Waals surface area contributed by atoms with E-state index in [4.69, 9.17) is 50.8 Å². The first-order chi connectivity index (χ1) is 13.4. The number of rotatable bonds is 4. The lowest BCUT2D eigenvalue weighted by molar-refractivity contribution is -0.112. The van der Waals surface area contributed by atoms with Crippen molar-refractivity contribution in [2.24, 2.45) is 0 Å². The summed E-state index contributed by atoms with van der Waals surface area (Å²) < 4.78 is 5.68. The molecule has 3 aromatic rings. The van der Waals surface area contributed by atoms with E-state index in [1.807, 2.05) is 6.07 Å². The molecule has 0 unspecified atom stereocenters. The largest absolute Gasteiger partial charge is 0.457 e. The fraction of sp³-hybridized carbons (Fsp3) is 0. The van der Waals surface area contributed by atoms with Gasteiger partial charge in [0.05, 0.1) is 20.8 Å². The zero-order chi connectivity index (χ0) is 20.3. The number of carbonyl (C=O) groups is 1. The highest BCUT2D eigenvalue weighted by atomic mass is 35.5. The van der Waals surface area contributed by atoms with Crippen LogP contribution >= 0.6 is 46.4 Å². The van der Waals surface area contributed by atoms with Crippen molar-refractivity contribution in [3.05, 3.63) is 80.0 Å². The van der Waals surface area contributed by atoms with E-state index >= 15 is 0 Å². The molecule has 0 aliphatic carbocycles. The molecule has 1 aromatic heterocycles. The van der Waals surface area contributed by atoms with E-state index in [0.717, 1.165) is 0 Å². The van der Waals surface area contributed by atoms with Gasteiger partial charge in [-0.05, 0) is 42.5 Å². The summed E-state index contributed by atoms with van der Waals surface area (Å²) in [4.78, 5) is 12.4. The Morgan fingerprint density at radius 2 is 1.82 bits per heavy atom. The maximum absolute atomic E-state index is 12.4. The lowest BCUT2D eigenvalue weighted by atomic mass is 10.2. The van der Waals surface area contributed by atoms with Gasteiger partial charge in [-0.2, -0.15) is 5.26 Å². The van der Waals surface area contributed by atoms with E-state index in [-0.39, 0.29) is 5.57 Å². The molecule has 8 heteroatoms. The van der Waals surface area contributed by atoms with Crippen molar-refractivity contribution in [3.63, 3.8) is 0 Å². The Labute approximate surface area is 180 Å². The van der Waals surface area contributed by atoms with Crippen molar-refractivity contribution in [1.29, 1.82) is 5.26 Å².